The van der Waals surface area contributed by atoms with Crippen LogP contribution in [0, 0.1) is 25.2 Å². The fourth-order valence-electron chi connectivity index (χ4n) is 3.24. The van der Waals surface area contributed by atoms with Gasteiger partial charge in [0.15, 0.2) is 0 Å². The van der Waals surface area contributed by atoms with Gasteiger partial charge in [-0.25, -0.2) is 8.42 Å². The number of hydrogen-bond donors (Lipinski definition) is 0. The predicted octanol–water partition coefficient (Wildman–Crippen LogP) is 4.44. The highest BCUT2D eigenvalue weighted by atomic mass is 32.2. The van der Waals surface area contributed by atoms with E-state index in [-0.39, 0.29) is 16.3 Å². The average molecular weight is 458 g/mol. The predicted molar refractivity (Wildman–Crippen MR) is 125 cm³/mol. The van der Waals surface area contributed by atoms with Crippen molar-refractivity contribution in [2.45, 2.75) is 18.7 Å². The van der Waals surface area contributed by atoms with Gasteiger partial charge in [-0.3, -0.25) is 9.20 Å². The number of pyridine rings is 1. The summed E-state index contributed by atoms with van der Waals surface area (Å²) < 4.78 is 33.3. The molecule has 0 aliphatic carbocycles. The summed E-state index contributed by atoms with van der Waals surface area (Å²) in [5.41, 5.74) is 1.42. The SMILES string of the molecule is Cc1ccc(Oc2nc3c(C)cccn3c(=O)c2/C=C(/C#N)S(=O)(=O)c2ccccc2)cc1. The van der Waals surface area contributed by atoms with Crippen LogP contribution in [0.2, 0.25) is 0 Å². The Morgan fingerprint density at radius 2 is 1.73 bits per heavy atom. The molecule has 0 radical (unpaired) electrons. The minimum atomic E-state index is -4.15. The van der Waals surface area contributed by atoms with Crippen LogP contribution >= 0.6 is 0 Å². The zero-order chi connectivity index (χ0) is 23.6. The Morgan fingerprint density at radius 3 is 2.39 bits per heavy atom. The highest BCUT2D eigenvalue weighted by Gasteiger charge is 2.23. The van der Waals surface area contributed by atoms with Gasteiger partial charge in [0.2, 0.25) is 15.7 Å². The largest absolute Gasteiger partial charge is 0.438 e. The summed E-state index contributed by atoms with van der Waals surface area (Å²) in [6.45, 7) is 3.73. The first-order valence-electron chi connectivity index (χ1n) is 9.99. The second-order valence-electron chi connectivity index (χ2n) is 7.37. The Labute approximate surface area is 190 Å². The molecule has 0 saturated carbocycles. The lowest BCUT2D eigenvalue weighted by molar-refractivity contribution is 0.460. The van der Waals surface area contributed by atoms with Crippen LogP contribution in [0.25, 0.3) is 11.7 Å². The van der Waals surface area contributed by atoms with Crippen LogP contribution in [0.3, 0.4) is 0 Å². The fraction of sp³-hybridized carbons (Fsp3) is 0.0800. The molecule has 0 saturated heterocycles. The normalized spacial score (nSPS) is 11.8. The lowest BCUT2D eigenvalue weighted by atomic mass is 10.2. The van der Waals surface area contributed by atoms with Crippen molar-refractivity contribution in [2.75, 3.05) is 0 Å². The number of nitriles is 1. The van der Waals surface area contributed by atoms with Gasteiger partial charge in [-0.2, -0.15) is 10.2 Å². The third-order valence-corrected chi connectivity index (χ3v) is 6.69. The molecule has 0 amide bonds. The van der Waals surface area contributed by atoms with Crippen molar-refractivity contribution in [1.82, 2.24) is 9.38 Å². The molecule has 0 unspecified atom stereocenters. The Morgan fingerprint density at radius 1 is 1.03 bits per heavy atom. The van der Waals surface area contributed by atoms with Gasteiger partial charge >= 0.3 is 0 Å². The molecule has 0 aliphatic rings. The van der Waals surface area contributed by atoms with Crippen LogP contribution in [0.4, 0.5) is 0 Å². The number of rotatable bonds is 5. The summed E-state index contributed by atoms with van der Waals surface area (Å²) >= 11 is 0. The van der Waals surface area contributed by atoms with Crippen LogP contribution < -0.4 is 10.3 Å². The number of ether oxygens (including phenoxy) is 1. The lowest BCUT2D eigenvalue weighted by Crippen LogP contribution is -2.20. The van der Waals surface area contributed by atoms with Crippen molar-refractivity contribution in [1.29, 1.82) is 5.26 Å². The molecule has 4 rings (SSSR count). The molecular weight excluding hydrogens is 438 g/mol. The highest BCUT2D eigenvalue weighted by molar-refractivity contribution is 7.95. The van der Waals surface area contributed by atoms with Gasteiger partial charge in [-0.15, -0.1) is 0 Å². The zero-order valence-corrected chi connectivity index (χ0v) is 18.7. The summed E-state index contributed by atoms with van der Waals surface area (Å²) in [6, 6.07) is 19.9. The molecule has 0 spiro atoms. The zero-order valence-electron chi connectivity index (χ0n) is 17.9. The van der Waals surface area contributed by atoms with E-state index in [9.17, 15) is 18.5 Å². The number of fused-ring (bicyclic) bond motifs is 1. The first kappa shape index (κ1) is 22.0. The fourth-order valence-corrected chi connectivity index (χ4v) is 4.40. The first-order valence-corrected chi connectivity index (χ1v) is 11.5. The van der Waals surface area contributed by atoms with Crippen molar-refractivity contribution in [3.8, 4) is 17.7 Å². The molecule has 8 heteroatoms. The average Bonchev–Trinajstić information content (AvgIpc) is 2.81. The van der Waals surface area contributed by atoms with Gasteiger partial charge in [0, 0.05) is 6.20 Å². The Balaban J connectivity index is 1.97. The van der Waals surface area contributed by atoms with Crippen LogP contribution in [-0.4, -0.2) is 17.8 Å². The standard InChI is InChI=1S/C25H19N3O4S/c1-17-10-12-19(13-11-17)32-24-22(25(29)28-14-6-7-18(2)23(28)27-24)15-21(16-26)33(30,31)20-8-4-3-5-9-20/h3-15H,1-2H3/b21-15-. The third kappa shape index (κ3) is 4.27. The summed E-state index contributed by atoms with van der Waals surface area (Å²) in [5, 5.41) is 9.68. The van der Waals surface area contributed by atoms with E-state index in [0.717, 1.165) is 17.2 Å². The summed E-state index contributed by atoms with van der Waals surface area (Å²) in [4.78, 5) is 17.2. The maximum atomic E-state index is 13.4. The van der Waals surface area contributed by atoms with E-state index >= 15 is 0 Å². The Hall–Kier alpha value is -4.22. The molecular formula is C25H19N3O4S. The maximum Gasteiger partial charge on any atom is 0.269 e. The maximum absolute atomic E-state index is 13.4. The van der Waals surface area contributed by atoms with E-state index in [1.165, 1.54) is 22.7 Å². The van der Waals surface area contributed by atoms with Crippen molar-refractivity contribution < 1.29 is 13.2 Å². The monoisotopic (exact) mass is 457 g/mol. The van der Waals surface area contributed by atoms with Crippen LogP contribution in [0.1, 0.15) is 16.7 Å². The van der Waals surface area contributed by atoms with Gasteiger partial charge in [-0.1, -0.05) is 42.0 Å². The van der Waals surface area contributed by atoms with Crippen molar-refractivity contribution in [3.63, 3.8) is 0 Å². The minimum Gasteiger partial charge on any atom is -0.438 e. The van der Waals surface area contributed by atoms with E-state index < -0.39 is 20.3 Å². The van der Waals surface area contributed by atoms with Gasteiger partial charge < -0.3 is 4.74 Å². The molecule has 7 nitrogen and oxygen atoms in total. The molecule has 164 valence electrons. The number of benzene rings is 2. The smallest absolute Gasteiger partial charge is 0.269 e. The van der Waals surface area contributed by atoms with Gasteiger partial charge in [0.1, 0.15) is 27.9 Å². The number of allylic oxidation sites excluding steroid dienone is 1. The molecule has 2 aromatic carbocycles. The van der Waals surface area contributed by atoms with E-state index in [2.05, 4.69) is 4.98 Å². The quantitative estimate of drug-likeness (QED) is 0.411. The molecule has 0 bridgehead atoms. The number of nitrogens with zero attached hydrogens (tertiary/aromatic N) is 3. The molecule has 0 fully saturated rings. The minimum absolute atomic E-state index is 0.0523. The van der Waals surface area contributed by atoms with Gasteiger partial charge in [0.05, 0.1) is 4.90 Å². The highest BCUT2D eigenvalue weighted by Crippen LogP contribution is 2.27. The molecule has 0 atom stereocenters. The summed E-state index contributed by atoms with van der Waals surface area (Å²) in [6.07, 6.45) is 2.55. The van der Waals surface area contributed by atoms with Crippen LogP contribution in [0.5, 0.6) is 11.6 Å². The molecule has 0 N–H and O–H groups in total. The number of aryl methyl sites for hydroxylation is 2. The van der Waals surface area contributed by atoms with Crippen LogP contribution in [0.15, 0.2) is 87.5 Å². The summed E-state index contributed by atoms with van der Waals surface area (Å²) in [7, 11) is -4.15. The van der Waals surface area contributed by atoms with E-state index in [1.54, 1.807) is 55.5 Å². The molecule has 2 aromatic heterocycles. The number of sulfone groups is 1. The summed E-state index contributed by atoms with van der Waals surface area (Å²) in [5.74, 6) is 0.332. The number of aromatic nitrogens is 2. The van der Waals surface area contributed by atoms with E-state index in [1.807, 2.05) is 19.1 Å². The third-order valence-electron chi connectivity index (χ3n) is 5.01. The van der Waals surface area contributed by atoms with E-state index in [0.29, 0.717) is 11.4 Å². The Kier molecular flexibility index (Phi) is 5.82. The number of hydrogen-bond acceptors (Lipinski definition) is 6. The van der Waals surface area contributed by atoms with Gasteiger partial charge in [0.25, 0.3) is 5.56 Å². The first-order chi connectivity index (χ1) is 15.8. The topological polar surface area (TPSA) is 102 Å². The van der Waals surface area contributed by atoms with Crippen molar-refractivity contribution in [3.05, 3.63) is 105 Å². The van der Waals surface area contributed by atoms with E-state index in [4.69, 9.17) is 4.74 Å². The second kappa shape index (κ2) is 8.73. The van der Waals surface area contributed by atoms with Crippen LogP contribution in [-0.2, 0) is 9.84 Å². The molecule has 33 heavy (non-hydrogen) atoms. The second-order valence-corrected chi connectivity index (χ2v) is 9.29. The van der Waals surface area contributed by atoms with Crippen molar-refractivity contribution in [2.24, 2.45) is 0 Å². The lowest BCUT2D eigenvalue weighted by Gasteiger charge is -2.12. The van der Waals surface area contributed by atoms with Gasteiger partial charge in [-0.05, 0) is 55.8 Å². The molecule has 0 aliphatic heterocycles. The Bertz CT molecular complexity index is 1580. The molecule has 2 heterocycles. The van der Waals surface area contributed by atoms with Crippen molar-refractivity contribution >= 4 is 21.6 Å². The molecule has 4 aromatic rings.